The van der Waals surface area contributed by atoms with Gasteiger partial charge in [0, 0.05) is 104 Å². The molecular formula is C56H152N22O2. The maximum absolute atomic E-state index is 8.33. The van der Waals surface area contributed by atoms with Crippen molar-refractivity contribution in [2.24, 2.45) is 97.5 Å². The predicted octanol–water partition coefficient (Wildman–Crippen LogP) is -2.04. The summed E-state index contributed by atoms with van der Waals surface area (Å²) in [6.45, 7) is 25.6. The zero-order valence-electron chi connectivity index (χ0n) is 52.9. The van der Waals surface area contributed by atoms with Crippen molar-refractivity contribution in [3.63, 3.8) is 0 Å². The average molecular weight is 1170 g/mol. The molecule has 0 fully saturated rings. The molecule has 0 saturated heterocycles. The summed E-state index contributed by atoms with van der Waals surface area (Å²) in [5, 5.41) is 30.0. The van der Waals surface area contributed by atoms with Crippen molar-refractivity contribution in [1.29, 1.82) is 0 Å². The lowest BCUT2D eigenvalue weighted by Gasteiger charge is -2.18. The largest absolute Gasteiger partial charge is 0.396 e. The van der Waals surface area contributed by atoms with Crippen LogP contribution in [0.2, 0.25) is 0 Å². The van der Waals surface area contributed by atoms with Crippen molar-refractivity contribution >= 4 is 0 Å². The molecule has 0 aliphatic rings. The molecule has 0 aromatic carbocycles. The van der Waals surface area contributed by atoms with Crippen LogP contribution in [0.4, 0.5) is 0 Å². The standard InChI is InChI=1S/C12H30N4.C10H25N3.C7H19N3.C6H18N4.C6H15NO.C5H14N2.C5H13NO.C3H10N2.C2H8N2/c13-7-3-1-4-9-15-10-5-2-6-11-16-12-8-14;11-7-3-1-5-9-13-10-6-2-4-8-12;8-4-2-1-3-6-10-7-5-9;7-1-4-10(5-2-8)6-3-9;7-5-3-1-2-4-6-8;2*6-4-2-1-3-5-7;1-3(5)2-4;3-1-2-4/h15-16H,1-14H2;13H,1-12H2;10H,1-9H2;1-9H2;8H,1-7H2;1-7H2;7H,1-6H2;3H,2,4-5H2,1H3;1-4H2. The Labute approximate surface area is 495 Å². The van der Waals surface area contributed by atoms with E-state index in [9.17, 15) is 0 Å². The van der Waals surface area contributed by atoms with Crippen molar-refractivity contribution in [2.45, 2.75) is 173 Å². The summed E-state index contributed by atoms with van der Waals surface area (Å²) in [4.78, 5) is 2.17. The molecule has 80 heavy (non-hydrogen) atoms. The smallest absolute Gasteiger partial charge is 0.0431 e. The topological polar surface area (TPSA) is 534 Å². The van der Waals surface area contributed by atoms with E-state index in [1.807, 2.05) is 6.92 Å². The third-order valence-corrected chi connectivity index (χ3v) is 10.8. The maximum atomic E-state index is 8.33. The Hall–Kier alpha value is -0.960. The Morgan fingerprint density at radius 2 is 0.438 bits per heavy atom. The molecule has 0 saturated carbocycles. The van der Waals surface area contributed by atoms with Gasteiger partial charge in [-0.2, -0.15) is 0 Å². The lowest BCUT2D eigenvalue weighted by atomic mass is 10.2. The van der Waals surface area contributed by atoms with Crippen LogP contribution < -0.4 is 119 Å². The van der Waals surface area contributed by atoms with E-state index in [0.29, 0.717) is 52.5 Å². The number of nitrogens with two attached hydrogens (primary N) is 17. The fourth-order valence-corrected chi connectivity index (χ4v) is 6.06. The Kier molecular flexibility index (Phi) is 143. The quantitative estimate of drug-likeness (QED) is 0.0292. The van der Waals surface area contributed by atoms with Crippen molar-refractivity contribution in [1.82, 2.24) is 26.2 Å². The molecule has 0 aliphatic carbocycles. The SMILES string of the molecule is CC(N)CN.NCCCCCCO.NCCCCCN.NCCCCCNCCCCCN.NCCCCCNCCCCCNCCN.NCCCCCNCCN.NCCCCCO.NCCN.NCCN(CCN)CCN. The molecule has 40 N–H and O–H groups in total. The van der Waals surface area contributed by atoms with Crippen molar-refractivity contribution in [3.8, 4) is 0 Å². The number of aliphatic hydroxyl groups is 2. The monoisotopic (exact) mass is 1170 g/mol. The van der Waals surface area contributed by atoms with Crippen LogP contribution in [0.1, 0.15) is 167 Å². The molecule has 498 valence electrons. The second kappa shape index (κ2) is 117. The Bertz CT molecular complexity index is 774. The Morgan fingerprint density at radius 3 is 0.625 bits per heavy atom. The molecule has 0 aromatic heterocycles. The van der Waals surface area contributed by atoms with E-state index in [1.54, 1.807) is 0 Å². The van der Waals surface area contributed by atoms with Crippen LogP contribution >= 0.6 is 0 Å². The first kappa shape index (κ1) is 98.1. The van der Waals surface area contributed by atoms with Gasteiger partial charge in [0.05, 0.1) is 0 Å². The summed E-state index contributed by atoms with van der Waals surface area (Å²) >= 11 is 0. The fourth-order valence-electron chi connectivity index (χ4n) is 6.06. The number of hydrogen-bond donors (Lipinski definition) is 23. The second-order valence-corrected chi connectivity index (χ2v) is 19.2. The number of nitrogens with one attached hydrogen (secondary N) is 4. The van der Waals surface area contributed by atoms with Gasteiger partial charge < -0.3 is 129 Å². The minimum atomic E-state index is 0.162. The van der Waals surface area contributed by atoms with Crippen molar-refractivity contribution in [2.75, 3.05) is 190 Å². The highest BCUT2D eigenvalue weighted by Crippen LogP contribution is 1.97. The molecule has 24 nitrogen and oxygen atoms in total. The highest BCUT2D eigenvalue weighted by atomic mass is 16.3. The van der Waals surface area contributed by atoms with Gasteiger partial charge in [-0.3, -0.25) is 4.90 Å². The van der Waals surface area contributed by atoms with Crippen LogP contribution in [0.15, 0.2) is 0 Å². The summed E-state index contributed by atoms with van der Waals surface area (Å²) in [7, 11) is 0. The Balaban J connectivity index is -0.000000104. The maximum Gasteiger partial charge on any atom is 0.0431 e. The van der Waals surface area contributed by atoms with Gasteiger partial charge in [-0.15, -0.1) is 0 Å². The van der Waals surface area contributed by atoms with Gasteiger partial charge in [-0.1, -0.05) is 51.4 Å². The molecule has 0 radical (unpaired) electrons. The van der Waals surface area contributed by atoms with Gasteiger partial charge in [0.15, 0.2) is 0 Å². The lowest BCUT2D eigenvalue weighted by molar-refractivity contribution is 0.282. The summed E-state index contributed by atoms with van der Waals surface area (Å²) < 4.78 is 0. The number of nitrogens with zero attached hydrogens (tertiary/aromatic N) is 1. The van der Waals surface area contributed by atoms with Crippen LogP contribution in [-0.2, 0) is 0 Å². The molecule has 0 spiro atoms. The first-order valence-electron chi connectivity index (χ1n) is 31.8. The van der Waals surface area contributed by atoms with Crippen LogP contribution in [0, 0.1) is 0 Å². The minimum absolute atomic E-state index is 0.162. The average Bonchev–Trinajstić information content (AvgIpc) is 3.47. The number of unbranched alkanes of at least 4 members (excludes halogenated alkanes) is 17. The molecule has 1 unspecified atom stereocenters. The van der Waals surface area contributed by atoms with Crippen LogP contribution in [0.25, 0.3) is 0 Å². The van der Waals surface area contributed by atoms with E-state index < -0.39 is 0 Å². The molecule has 0 bridgehead atoms. The van der Waals surface area contributed by atoms with Crippen molar-refractivity contribution in [3.05, 3.63) is 0 Å². The van der Waals surface area contributed by atoms with Gasteiger partial charge in [0.2, 0.25) is 0 Å². The Morgan fingerprint density at radius 1 is 0.250 bits per heavy atom. The van der Waals surface area contributed by atoms with Crippen LogP contribution in [0.3, 0.4) is 0 Å². The third kappa shape index (κ3) is 153. The predicted molar refractivity (Wildman–Crippen MR) is 356 cm³/mol. The number of aliphatic hydroxyl groups excluding tert-OH is 2. The molecule has 24 heteroatoms. The van der Waals surface area contributed by atoms with Crippen LogP contribution in [-0.4, -0.2) is 211 Å². The molecule has 1 atom stereocenters. The molecule has 0 amide bonds. The fraction of sp³-hybridized carbons (Fsp3) is 1.00. The molecule has 0 rings (SSSR count). The summed E-state index contributed by atoms with van der Waals surface area (Å²) in [6.07, 6.45) is 29.2. The zero-order chi connectivity index (χ0) is 62.2. The van der Waals surface area contributed by atoms with E-state index in [-0.39, 0.29) is 6.04 Å². The molecule has 0 aliphatic heterocycles. The van der Waals surface area contributed by atoms with Crippen LogP contribution in [0.5, 0.6) is 0 Å². The van der Waals surface area contributed by atoms with Gasteiger partial charge in [-0.05, 0) is 208 Å². The van der Waals surface area contributed by atoms with E-state index >= 15 is 0 Å². The summed E-state index contributed by atoms with van der Waals surface area (Å²) in [5.41, 5.74) is 89.2. The second-order valence-electron chi connectivity index (χ2n) is 19.2. The first-order valence-corrected chi connectivity index (χ1v) is 31.8. The number of hydrogen-bond acceptors (Lipinski definition) is 24. The van der Waals surface area contributed by atoms with E-state index in [0.717, 1.165) is 221 Å². The van der Waals surface area contributed by atoms with E-state index in [4.69, 9.17) is 108 Å². The van der Waals surface area contributed by atoms with E-state index in [1.165, 1.54) is 77.0 Å². The highest BCUT2D eigenvalue weighted by Gasteiger charge is 1.99. The minimum Gasteiger partial charge on any atom is -0.396 e. The molecule has 0 heterocycles. The van der Waals surface area contributed by atoms with Gasteiger partial charge in [0.1, 0.15) is 0 Å². The highest BCUT2D eigenvalue weighted by molar-refractivity contribution is 4.59. The van der Waals surface area contributed by atoms with Crippen molar-refractivity contribution < 1.29 is 10.2 Å². The van der Waals surface area contributed by atoms with Gasteiger partial charge >= 0.3 is 0 Å². The zero-order valence-corrected chi connectivity index (χ0v) is 52.9. The van der Waals surface area contributed by atoms with Gasteiger partial charge in [-0.25, -0.2) is 0 Å². The first-order chi connectivity index (χ1) is 39.0. The summed E-state index contributed by atoms with van der Waals surface area (Å²) in [5.74, 6) is 0. The lowest BCUT2D eigenvalue weighted by Crippen LogP contribution is -2.37. The van der Waals surface area contributed by atoms with Gasteiger partial charge in [0.25, 0.3) is 0 Å². The molecular weight excluding hydrogens is 1010 g/mol. The van der Waals surface area contributed by atoms with E-state index in [2.05, 4.69) is 26.2 Å². The summed E-state index contributed by atoms with van der Waals surface area (Å²) in [6, 6.07) is 0.162. The number of rotatable bonds is 51. The third-order valence-electron chi connectivity index (χ3n) is 10.8. The normalized spacial score (nSPS) is 10.5. The molecule has 0 aromatic rings.